The van der Waals surface area contributed by atoms with E-state index in [2.05, 4.69) is 15.3 Å². The summed E-state index contributed by atoms with van der Waals surface area (Å²) in [6.45, 7) is 3.12. The Kier molecular flexibility index (Phi) is 7.12. The van der Waals surface area contributed by atoms with Crippen molar-refractivity contribution >= 4 is 11.6 Å². The summed E-state index contributed by atoms with van der Waals surface area (Å²) in [5.74, 6) is -0.384. The number of halogens is 2. The van der Waals surface area contributed by atoms with Crippen molar-refractivity contribution in [3.05, 3.63) is 88.2 Å². The maximum atomic E-state index is 13.7. The van der Waals surface area contributed by atoms with Crippen LogP contribution in [0, 0.1) is 24.1 Å². The third-order valence-corrected chi connectivity index (χ3v) is 4.60. The molecule has 0 aliphatic heterocycles. The van der Waals surface area contributed by atoms with Gasteiger partial charge in [0.05, 0.1) is 22.0 Å². The molecular weight excluding hydrogens is 391 g/mol. The Morgan fingerprint density at radius 2 is 2.00 bits per heavy atom. The molecule has 148 valence electrons. The summed E-state index contributed by atoms with van der Waals surface area (Å²) in [5.41, 5.74) is 2.78. The number of benzene rings is 2. The highest BCUT2D eigenvalue weighted by molar-refractivity contribution is 6.30. The Bertz CT molecular complexity index is 990. The summed E-state index contributed by atoms with van der Waals surface area (Å²) >= 11 is 5.89. The van der Waals surface area contributed by atoms with Crippen LogP contribution in [0.15, 0.2) is 54.9 Å². The van der Waals surface area contributed by atoms with E-state index in [-0.39, 0.29) is 22.4 Å². The molecule has 0 bridgehead atoms. The molecule has 2 aromatic carbocycles. The number of ether oxygens (including phenoxy) is 1. The zero-order chi connectivity index (χ0) is 20.6. The molecule has 29 heavy (non-hydrogen) atoms. The van der Waals surface area contributed by atoms with Crippen LogP contribution in [0.25, 0.3) is 0 Å². The zero-order valence-electron chi connectivity index (χ0n) is 15.9. The van der Waals surface area contributed by atoms with E-state index in [4.69, 9.17) is 16.3 Å². The highest BCUT2D eigenvalue weighted by Gasteiger charge is 2.17. The maximum Gasteiger partial charge on any atom is 0.143 e. The van der Waals surface area contributed by atoms with Gasteiger partial charge in [-0.3, -0.25) is 9.97 Å². The van der Waals surface area contributed by atoms with Gasteiger partial charge in [-0.2, -0.15) is 5.26 Å². The van der Waals surface area contributed by atoms with Gasteiger partial charge in [0.25, 0.3) is 0 Å². The number of nitrogens with zero attached hydrogens (tertiary/aromatic N) is 3. The average molecular weight is 411 g/mol. The Hall–Kier alpha value is -3.01. The van der Waals surface area contributed by atoms with E-state index in [0.29, 0.717) is 19.5 Å². The summed E-state index contributed by atoms with van der Waals surface area (Å²) in [6, 6.07) is 14.1. The van der Waals surface area contributed by atoms with E-state index in [0.717, 1.165) is 23.0 Å². The van der Waals surface area contributed by atoms with E-state index in [1.807, 2.05) is 43.3 Å². The highest BCUT2D eigenvalue weighted by atomic mass is 35.5. The number of nitriles is 1. The van der Waals surface area contributed by atoms with Gasteiger partial charge < -0.3 is 10.1 Å². The van der Waals surface area contributed by atoms with Crippen LogP contribution in [-0.4, -0.2) is 16.5 Å². The molecule has 0 spiro atoms. The fourth-order valence-corrected chi connectivity index (χ4v) is 2.94. The van der Waals surface area contributed by atoms with Crippen LogP contribution >= 0.6 is 11.6 Å². The van der Waals surface area contributed by atoms with Gasteiger partial charge in [0.2, 0.25) is 0 Å². The van der Waals surface area contributed by atoms with Gasteiger partial charge in [-0.25, -0.2) is 4.39 Å². The summed E-state index contributed by atoms with van der Waals surface area (Å²) < 4.78 is 19.8. The Morgan fingerprint density at radius 1 is 1.21 bits per heavy atom. The Morgan fingerprint density at radius 3 is 2.69 bits per heavy atom. The molecule has 0 unspecified atom stereocenters. The second-order valence-corrected chi connectivity index (χ2v) is 6.91. The SMILES string of the molecule is Cc1cnc(CNCC[C@@H](Oc2cc(Cl)c(F)cc2C#N)c2ccccc2)cn1. The molecule has 5 nitrogen and oxygen atoms in total. The van der Waals surface area contributed by atoms with Gasteiger partial charge in [0, 0.05) is 31.4 Å². The van der Waals surface area contributed by atoms with Crippen LogP contribution in [0.1, 0.15) is 35.0 Å². The highest BCUT2D eigenvalue weighted by Crippen LogP contribution is 2.31. The first-order valence-corrected chi connectivity index (χ1v) is 9.53. The normalized spacial score (nSPS) is 11.7. The number of aryl methyl sites for hydroxylation is 1. The molecule has 0 fully saturated rings. The van der Waals surface area contributed by atoms with Crippen molar-refractivity contribution in [2.75, 3.05) is 6.54 Å². The number of hydrogen-bond acceptors (Lipinski definition) is 5. The fraction of sp³-hybridized carbons (Fsp3) is 0.227. The summed E-state index contributed by atoms with van der Waals surface area (Å²) in [5, 5.41) is 12.6. The molecule has 1 aromatic heterocycles. The molecule has 3 rings (SSSR count). The topological polar surface area (TPSA) is 70.8 Å². The lowest BCUT2D eigenvalue weighted by Gasteiger charge is -2.21. The molecule has 1 atom stereocenters. The second-order valence-electron chi connectivity index (χ2n) is 6.51. The van der Waals surface area contributed by atoms with Crippen LogP contribution in [0.2, 0.25) is 5.02 Å². The third-order valence-electron chi connectivity index (χ3n) is 4.31. The lowest BCUT2D eigenvalue weighted by atomic mass is 10.1. The minimum atomic E-state index is -0.646. The van der Waals surface area contributed by atoms with E-state index >= 15 is 0 Å². The lowest BCUT2D eigenvalue weighted by molar-refractivity contribution is 0.193. The number of aromatic nitrogens is 2. The average Bonchev–Trinajstić information content (AvgIpc) is 2.74. The van der Waals surface area contributed by atoms with Crippen LogP contribution in [-0.2, 0) is 6.54 Å². The van der Waals surface area contributed by atoms with Gasteiger partial charge in [-0.1, -0.05) is 41.9 Å². The summed E-state index contributed by atoms with van der Waals surface area (Å²) in [6.07, 6.45) is 3.77. The van der Waals surface area contributed by atoms with Crippen molar-refractivity contribution in [3.63, 3.8) is 0 Å². The van der Waals surface area contributed by atoms with Crippen LogP contribution in [0.4, 0.5) is 4.39 Å². The molecule has 0 aliphatic rings. The number of hydrogen-bond donors (Lipinski definition) is 1. The van der Waals surface area contributed by atoms with Gasteiger partial charge in [-0.05, 0) is 25.1 Å². The standard InChI is InChI=1S/C22H20ClFN4O/c1-15-12-28-18(14-27-15)13-26-8-7-21(16-5-3-2-4-6-16)29-22-10-19(23)20(24)9-17(22)11-25/h2-6,9-10,12,14,21,26H,7-8,13H2,1H3/t21-/m1/s1. The molecule has 0 radical (unpaired) electrons. The van der Waals surface area contributed by atoms with E-state index in [9.17, 15) is 9.65 Å². The van der Waals surface area contributed by atoms with Crippen LogP contribution in [0.3, 0.4) is 0 Å². The van der Waals surface area contributed by atoms with Crippen molar-refractivity contribution in [3.8, 4) is 11.8 Å². The van der Waals surface area contributed by atoms with Crippen molar-refractivity contribution < 1.29 is 9.13 Å². The molecule has 0 saturated heterocycles. The first kappa shape index (κ1) is 20.7. The quantitative estimate of drug-likeness (QED) is 0.542. The third kappa shape index (κ3) is 5.74. The predicted molar refractivity (Wildman–Crippen MR) is 109 cm³/mol. The monoisotopic (exact) mass is 410 g/mol. The molecule has 7 heteroatoms. The molecule has 3 aromatic rings. The van der Waals surface area contributed by atoms with Crippen molar-refractivity contribution in [1.82, 2.24) is 15.3 Å². The molecule has 0 amide bonds. The molecule has 0 aliphatic carbocycles. The number of rotatable bonds is 8. The van der Waals surface area contributed by atoms with Gasteiger partial charge in [-0.15, -0.1) is 0 Å². The van der Waals surface area contributed by atoms with Gasteiger partial charge in [0.15, 0.2) is 0 Å². The second kappa shape index (κ2) is 9.97. The molecule has 1 heterocycles. The van der Waals surface area contributed by atoms with Gasteiger partial charge in [0.1, 0.15) is 23.7 Å². The summed E-state index contributed by atoms with van der Waals surface area (Å²) in [4.78, 5) is 8.55. The van der Waals surface area contributed by atoms with E-state index in [1.165, 1.54) is 6.07 Å². The van der Waals surface area contributed by atoms with E-state index in [1.54, 1.807) is 12.4 Å². The number of nitrogens with one attached hydrogen (secondary N) is 1. The molecular formula is C22H20ClFN4O. The minimum Gasteiger partial charge on any atom is -0.484 e. The van der Waals surface area contributed by atoms with Crippen LogP contribution in [0.5, 0.6) is 5.75 Å². The smallest absolute Gasteiger partial charge is 0.143 e. The van der Waals surface area contributed by atoms with Gasteiger partial charge >= 0.3 is 0 Å². The zero-order valence-corrected chi connectivity index (χ0v) is 16.7. The van der Waals surface area contributed by atoms with Crippen molar-refractivity contribution in [1.29, 1.82) is 5.26 Å². The lowest BCUT2D eigenvalue weighted by Crippen LogP contribution is -2.20. The van der Waals surface area contributed by atoms with E-state index < -0.39 is 5.82 Å². The summed E-state index contributed by atoms with van der Waals surface area (Å²) in [7, 11) is 0. The Labute approximate surface area is 174 Å². The maximum absolute atomic E-state index is 13.7. The molecule has 1 N–H and O–H groups in total. The first-order chi connectivity index (χ1) is 14.1. The first-order valence-electron chi connectivity index (χ1n) is 9.16. The molecule has 0 saturated carbocycles. The van der Waals surface area contributed by atoms with Crippen molar-refractivity contribution in [2.45, 2.75) is 26.0 Å². The van der Waals surface area contributed by atoms with Crippen LogP contribution < -0.4 is 10.1 Å². The van der Waals surface area contributed by atoms with Crippen molar-refractivity contribution in [2.24, 2.45) is 0 Å². The Balaban J connectivity index is 1.70. The minimum absolute atomic E-state index is 0.0816. The predicted octanol–water partition coefficient (Wildman–Crippen LogP) is 4.75. The fourth-order valence-electron chi connectivity index (χ4n) is 2.79. The largest absolute Gasteiger partial charge is 0.484 e.